The predicted octanol–water partition coefficient (Wildman–Crippen LogP) is 2.77. The lowest BCUT2D eigenvalue weighted by atomic mass is 9.83. The summed E-state index contributed by atoms with van der Waals surface area (Å²) in [6, 6.07) is 1.48. The number of aliphatic hydroxyl groups excluding tert-OH is 1. The molecule has 2 fully saturated rings. The molecule has 2 aliphatic heterocycles. The number of ether oxygens (including phenoxy) is 2. The fourth-order valence-electron chi connectivity index (χ4n) is 3.60. The Kier molecular flexibility index (Phi) is 8.22. The first-order chi connectivity index (χ1) is 14.2. The standard InChI is InChI=1S/C20H35NO6S2Si2/c1-13(22)15-16(23)21-17(15)29-14(12-28)20(21,18(24)26-8-10-30(2,3)4)19(25)27-9-11-31(5,6)7/h12-15,17,22H,8-11H2,1-7H3/t13?,14-,15+,17+/m0/s1. The maximum absolute atomic E-state index is 13.4. The topological polar surface area (TPSA) is 93.1 Å². The maximum atomic E-state index is 13.4. The van der Waals surface area contributed by atoms with Crippen LogP contribution < -0.4 is 0 Å². The molecule has 1 amide bonds. The third kappa shape index (κ3) is 5.43. The molecule has 0 bridgehead atoms. The van der Waals surface area contributed by atoms with Crippen LogP contribution in [0.5, 0.6) is 0 Å². The van der Waals surface area contributed by atoms with Gasteiger partial charge in [0.05, 0.1) is 35.9 Å². The number of carbonyl (C=O) groups is 3. The van der Waals surface area contributed by atoms with Crippen LogP contribution in [0.25, 0.3) is 0 Å². The molecule has 7 nitrogen and oxygen atoms in total. The number of thioether (sulfide) groups is 1. The van der Waals surface area contributed by atoms with E-state index in [-0.39, 0.29) is 13.2 Å². The summed E-state index contributed by atoms with van der Waals surface area (Å²) in [5.41, 5.74) is -1.93. The monoisotopic (exact) mass is 505 g/mol. The first-order valence-electron chi connectivity index (χ1n) is 10.6. The molecular formula is C20H35NO6S2Si2. The predicted molar refractivity (Wildman–Crippen MR) is 132 cm³/mol. The average Bonchev–Trinajstić information content (AvgIpc) is 2.90. The van der Waals surface area contributed by atoms with Gasteiger partial charge < -0.3 is 19.5 Å². The quantitative estimate of drug-likeness (QED) is 0.159. The number of hydrogen-bond acceptors (Lipinski definition) is 8. The van der Waals surface area contributed by atoms with Gasteiger partial charge in [-0.2, -0.15) is 0 Å². The third-order valence-corrected chi connectivity index (χ3v) is 11.0. The molecule has 31 heavy (non-hydrogen) atoms. The molecule has 0 aromatic rings. The number of fused-ring (bicyclic) bond motifs is 1. The highest BCUT2D eigenvalue weighted by Gasteiger charge is 2.74. The first-order valence-corrected chi connectivity index (χ1v) is 19.5. The SMILES string of the molecule is CC(O)[C@@H]1C(=O)N2[C@@H]1S[C@@H](C=S)C2(C(=O)OCC[Si](C)(C)C)C(=O)OCC[Si](C)(C)C. The van der Waals surface area contributed by atoms with Crippen molar-refractivity contribution in [1.82, 2.24) is 4.90 Å². The Morgan fingerprint density at radius 2 is 1.58 bits per heavy atom. The van der Waals surface area contributed by atoms with E-state index in [2.05, 4.69) is 39.3 Å². The van der Waals surface area contributed by atoms with Crippen LogP contribution in [0.3, 0.4) is 0 Å². The van der Waals surface area contributed by atoms with Gasteiger partial charge in [-0.3, -0.25) is 4.79 Å². The summed E-state index contributed by atoms with van der Waals surface area (Å²) in [7, 11) is -2.95. The van der Waals surface area contributed by atoms with Gasteiger partial charge >= 0.3 is 11.9 Å². The Hall–Kier alpha value is -0.756. The highest BCUT2D eigenvalue weighted by atomic mass is 32.2. The van der Waals surface area contributed by atoms with E-state index in [0.717, 1.165) is 12.1 Å². The van der Waals surface area contributed by atoms with Crippen molar-refractivity contribution in [3.05, 3.63) is 0 Å². The van der Waals surface area contributed by atoms with E-state index >= 15 is 0 Å². The van der Waals surface area contributed by atoms with Crippen molar-refractivity contribution in [3.63, 3.8) is 0 Å². The maximum Gasteiger partial charge on any atom is 0.345 e. The number of esters is 2. The van der Waals surface area contributed by atoms with Gasteiger partial charge in [0.1, 0.15) is 0 Å². The zero-order valence-electron chi connectivity index (χ0n) is 19.5. The van der Waals surface area contributed by atoms with Crippen LogP contribution in [0.15, 0.2) is 0 Å². The van der Waals surface area contributed by atoms with Gasteiger partial charge in [0.2, 0.25) is 5.91 Å². The molecule has 4 atom stereocenters. The number of nitrogens with zero attached hydrogens (tertiary/aromatic N) is 1. The second-order valence-corrected chi connectivity index (χ2v) is 23.5. The lowest BCUT2D eigenvalue weighted by molar-refractivity contribution is -0.190. The second-order valence-electron chi connectivity index (χ2n) is 10.7. The molecule has 2 rings (SSSR count). The van der Waals surface area contributed by atoms with Crippen molar-refractivity contribution in [2.24, 2.45) is 5.92 Å². The zero-order valence-corrected chi connectivity index (χ0v) is 23.1. The summed E-state index contributed by atoms with van der Waals surface area (Å²) in [4.78, 5) is 41.0. The minimum atomic E-state index is -1.93. The van der Waals surface area contributed by atoms with Crippen LogP contribution in [0, 0.1) is 5.92 Å². The molecule has 0 aromatic heterocycles. The fraction of sp³-hybridized carbons (Fsp3) is 0.800. The highest BCUT2D eigenvalue weighted by Crippen LogP contribution is 2.54. The van der Waals surface area contributed by atoms with Crippen molar-refractivity contribution < 1.29 is 29.0 Å². The Labute approximate surface area is 196 Å². The molecule has 0 aliphatic carbocycles. The van der Waals surface area contributed by atoms with Crippen LogP contribution in [-0.4, -0.2) is 84.8 Å². The van der Waals surface area contributed by atoms with Gasteiger partial charge in [0.15, 0.2) is 0 Å². The van der Waals surface area contributed by atoms with Crippen molar-refractivity contribution in [1.29, 1.82) is 0 Å². The molecule has 0 radical (unpaired) electrons. The number of thiocarbonyl (C=S) groups is 1. The summed E-state index contributed by atoms with van der Waals surface area (Å²) < 4.78 is 11.1. The molecule has 1 N–H and O–H groups in total. The van der Waals surface area contributed by atoms with E-state index < -0.39 is 62.2 Å². The second kappa shape index (κ2) is 9.62. The molecule has 2 aliphatic rings. The third-order valence-electron chi connectivity index (χ3n) is 5.60. The van der Waals surface area contributed by atoms with Crippen LogP contribution >= 0.6 is 24.0 Å². The van der Waals surface area contributed by atoms with Gasteiger partial charge in [-0.25, -0.2) is 9.59 Å². The van der Waals surface area contributed by atoms with Crippen LogP contribution in [0.4, 0.5) is 0 Å². The Balaban J connectivity index is 2.35. The molecule has 0 spiro atoms. The van der Waals surface area contributed by atoms with E-state index in [1.807, 2.05) is 0 Å². The number of β-lactam (4-membered cyclic amide) rings is 1. The van der Waals surface area contributed by atoms with Gasteiger partial charge in [0, 0.05) is 16.1 Å². The van der Waals surface area contributed by atoms with Gasteiger partial charge in [0.25, 0.3) is 5.54 Å². The van der Waals surface area contributed by atoms with Gasteiger partial charge in [-0.05, 0) is 24.4 Å². The molecule has 176 valence electrons. The van der Waals surface area contributed by atoms with E-state index in [9.17, 15) is 19.5 Å². The smallest absolute Gasteiger partial charge is 0.345 e. The summed E-state index contributed by atoms with van der Waals surface area (Å²) in [5.74, 6) is -2.71. The number of hydrogen-bond donors (Lipinski definition) is 1. The lowest BCUT2D eigenvalue weighted by Crippen LogP contribution is -2.74. The first kappa shape index (κ1) is 26.5. The Bertz CT molecular complexity index is 702. The summed E-state index contributed by atoms with van der Waals surface area (Å²) in [6.07, 6.45) is -0.895. The molecule has 2 saturated heterocycles. The van der Waals surface area contributed by atoms with E-state index in [1.54, 1.807) is 0 Å². The molecule has 2 heterocycles. The van der Waals surface area contributed by atoms with Crippen LogP contribution in [-0.2, 0) is 23.9 Å². The van der Waals surface area contributed by atoms with Crippen molar-refractivity contribution in [2.45, 2.75) is 80.6 Å². The minimum absolute atomic E-state index is 0.180. The van der Waals surface area contributed by atoms with Crippen molar-refractivity contribution in [3.8, 4) is 0 Å². The fourth-order valence-corrected chi connectivity index (χ4v) is 7.19. The summed E-state index contributed by atoms with van der Waals surface area (Å²) in [5, 5.41) is 10.1. The average molecular weight is 506 g/mol. The summed E-state index contributed by atoms with van der Waals surface area (Å²) >= 11 is 6.41. The highest BCUT2D eigenvalue weighted by molar-refractivity contribution is 8.02. The number of rotatable bonds is 10. The Morgan fingerprint density at radius 1 is 1.13 bits per heavy atom. The number of amides is 1. The number of aliphatic hydroxyl groups is 1. The normalized spacial score (nSPS) is 26.0. The van der Waals surface area contributed by atoms with Gasteiger partial charge in [-0.1, -0.05) is 51.5 Å². The van der Waals surface area contributed by atoms with Crippen molar-refractivity contribution >= 4 is 63.3 Å². The molecule has 0 saturated carbocycles. The molecule has 1 unspecified atom stereocenters. The minimum Gasteiger partial charge on any atom is -0.464 e. The number of carbonyl (C=O) groups excluding carboxylic acids is 3. The Morgan fingerprint density at radius 3 is 1.94 bits per heavy atom. The van der Waals surface area contributed by atoms with E-state index in [0.29, 0.717) is 0 Å². The zero-order chi connectivity index (χ0) is 23.8. The largest absolute Gasteiger partial charge is 0.464 e. The van der Waals surface area contributed by atoms with Gasteiger partial charge in [-0.15, -0.1) is 11.8 Å². The van der Waals surface area contributed by atoms with Crippen molar-refractivity contribution in [2.75, 3.05) is 13.2 Å². The van der Waals surface area contributed by atoms with E-state index in [1.165, 1.54) is 29.0 Å². The van der Waals surface area contributed by atoms with E-state index in [4.69, 9.17) is 21.7 Å². The molecular weight excluding hydrogens is 471 g/mol. The summed E-state index contributed by atoms with van der Waals surface area (Å²) in [6.45, 7) is 14.9. The lowest BCUT2D eigenvalue weighted by Gasteiger charge is -2.48. The van der Waals surface area contributed by atoms with Crippen LogP contribution in [0.2, 0.25) is 51.4 Å². The molecule has 11 heteroatoms. The van der Waals surface area contributed by atoms with Crippen LogP contribution in [0.1, 0.15) is 6.92 Å². The molecule has 0 aromatic carbocycles.